The Hall–Kier alpha value is -2.27. The number of nitrogens with one attached hydrogen (secondary N) is 1. The number of ether oxygens (including phenoxy) is 1. The second kappa shape index (κ2) is 5.74. The highest BCUT2D eigenvalue weighted by molar-refractivity contribution is 8.15. The van der Waals surface area contributed by atoms with Crippen molar-refractivity contribution < 1.29 is 14.3 Å². The molecule has 5 heteroatoms. The normalized spacial score (nSPS) is 22.6. The van der Waals surface area contributed by atoms with Gasteiger partial charge in [-0.1, -0.05) is 54.2 Å². The molecule has 1 saturated heterocycles. The lowest BCUT2D eigenvalue weighted by atomic mass is 10.0. The van der Waals surface area contributed by atoms with Gasteiger partial charge in [-0.3, -0.25) is 14.9 Å². The van der Waals surface area contributed by atoms with Crippen molar-refractivity contribution in [2.75, 3.05) is 0 Å². The summed E-state index contributed by atoms with van der Waals surface area (Å²) < 4.78 is 6.02. The van der Waals surface area contributed by atoms with Crippen molar-refractivity contribution in [1.82, 2.24) is 5.32 Å². The fraction of sp³-hybridized carbons (Fsp3) is 0.222. The van der Waals surface area contributed by atoms with Crippen molar-refractivity contribution in [2.24, 2.45) is 0 Å². The maximum absolute atomic E-state index is 11.7. The minimum Gasteiger partial charge on any atom is -0.485 e. The third-order valence-electron chi connectivity index (χ3n) is 4.16. The lowest BCUT2D eigenvalue weighted by Crippen LogP contribution is -2.25. The van der Waals surface area contributed by atoms with Crippen LogP contribution in [-0.2, 0) is 17.6 Å². The van der Waals surface area contributed by atoms with Gasteiger partial charge in [0.05, 0.1) is 5.25 Å². The van der Waals surface area contributed by atoms with E-state index < -0.39 is 0 Å². The zero-order chi connectivity index (χ0) is 15.8. The van der Waals surface area contributed by atoms with E-state index in [1.165, 1.54) is 5.56 Å². The van der Waals surface area contributed by atoms with E-state index in [1.54, 1.807) is 0 Å². The predicted molar refractivity (Wildman–Crippen MR) is 88.6 cm³/mol. The second-order valence-corrected chi connectivity index (χ2v) is 6.93. The summed E-state index contributed by atoms with van der Waals surface area (Å²) in [6.45, 7) is 0. The summed E-state index contributed by atoms with van der Waals surface area (Å²) in [5.41, 5.74) is 3.39. The molecule has 1 N–H and O–H groups in total. The summed E-state index contributed by atoms with van der Waals surface area (Å²) in [4.78, 5) is 22.9. The first-order valence-corrected chi connectivity index (χ1v) is 8.42. The zero-order valence-corrected chi connectivity index (χ0v) is 13.1. The third kappa shape index (κ3) is 2.84. The van der Waals surface area contributed by atoms with Gasteiger partial charge in [-0.15, -0.1) is 0 Å². The Labute approximate surface area is 138 Å². The molecule has 2 aromatic rings. The third-order valence-corrected chi connectivity index (χ3v) is 5.14. The highest BCUT2D eigenvalue weighted by Crippen LogP contribution is 2.37. The number of rotatable bonds is 3. The van der Waals surface area contributed by atoms with Crippen LogP contribution < -0.4 is 10.1 Å². The first-order chi connectivity index (χ1) is 11.2. The Morgan fingerprint density at radius 2 is 1.96 bits per heavy atom. The van der Waals surface area contributed by atoms with Crippen molar-refractivity contribution in [3.8, 4) is 5.75 Å². The first-order valence-electron chi connectivity index (χ1n) is 7.54. The molecule has 0 bridgehead atoms. The number of amides is 2. The van der Waals surface area contributed by atoms with Crippen LogP contribution in [0.15, 0.2) is 48.5 Å². The molecule has 2 aromatic carbocycles. The molecule has 0 radical (unpaired) electrons. The summed E-state index contributed by atoms with van der Waals surface area (Å²) in [5, 5.41) is 1.75. The fourth-order valence-electron chi connectivity index (χ4n) is 3.02. The van der Waals surface area contributed by atoms with E-state index in [-0.39, 0.29) is 22.5 Å². The molecule has 4 nitrogen and oxygen atoms in total. The Kier molecular flexibility index (Phi) is 3.58. The van der Waals surface area contributed by atoms with Crippen LogP contribution in [0, 0.1) is 0 Å². The van der Waals surface area contributed by atoms with Crippen LogP contribution in [0.1, 0.15) is 22.8 Å². The number of fused-ring (bicyclic) bond motifs is 1. The molecular formula is C18H15NO3S. The van der Waals surface area contributed by atoms with Crippen LogP contribution in [0.2, 0.25) is 0 Å². The van der Waals surface area contributed by atoms with Crippen molar-refractivity contribution in [1.29, 1.82) is 0 Å². The molecule has 4 rings (SSSR count). The van der Waals surface area contributed by atoms with Gasteiger partial charge in [0.1, 0.15) is 11.9 Å². The van der Waals surface area contributed by atoms with Crippen LogP contribution in [0.4, 0.5) is 4.79 Å². The number of carbonyl (C=O) groups is 2. The van der Waals surface area contributed by atoms with Gasteiger partial charge < -0.3 is 4.74 Å². The van der Waals surface area contributed by atoms with E-state index >= 15 is 0 Å². The molecule has 0 aromatic heterocycles. The van der Waals surface area contributed by atoms with Crippen molar-refractivity contribution in [2.45, 2.75) is 24.2 Å². The molecule has 2 unspecified atom stereocenters. The van der Waals surface area contributed by atoms with Gasteiger partial charge in [0.25, 0.3) is 5.24 Å². The van der Waals surface area contributed by atoms with E-state index in [4.69, 9.17) is 4.74 Å². The average molecular weight is 325 g/mol. The van der Waals surface area contributed by atoms with Crippen LogP contribution >= 0.6 is 11.8 Å². The topological polar surface area (TPSA) is 55.4 Å². The number of imide groups is 1. The largest absolute Gasteiger partial charge is 0.485 e. The van der Waals surface area contributed by atoms with E-state index in [0.717, 1.165) is 35.1 Å². The number of thioether (sulfide) groups is 1. The molecule has 1 fully saturated rings. The lowest BCUT2D eigenvalue weighted by Gasteiger charge is -2.10. The summed E-state index contributed by atoms with van der Waals surface area (Å²) in [5.74, 6) is 0.709. The van der Waals surface area contributed by atoms with Crippen LogP contribution in [0.3, 0.4) is 0 Å². The average Bonchev–Trinajstić information content (AvgIpc) is 3.11. The Bertz CT molecular complexity index is 775. The maximum Gasteiger partial charge on any atom is 0.286 e. The molecule has 116 valence electrons. The minimum absolute atomic E-state index is 0.0483. The molecular weight excluding hydrogens is 310 g/mol. The molecule has 2 heterocycles. The van der Waals surface area contributed by atoms with Gasteiger partial charge >= 0.3 is 0 Å². The monoisotopic (exact) mass is 325 g/mol. The Morgan fingerprint density at radius 1 is 1.13 bits per heavy atom. The van der Waals surface area contributed by atoms with E-state index in [0.29, 0.717) is 6.42 Å². The summed E-state index contributed by atoms with van der Waals surface area (Å²) in [6, 6.07) is 16.2. The highest BCUT2D eigenvalue weighted by Gasteiger charge is 2.32. The smallest absolute Gasteiger partial charge is 0.286 e. The Morgan fingerprint density at radius 3 is 2.70 bits per heavy atom. The van der Waals surface area contributed by atoms with Crippen molar-refractivity contribution >= 4 is 22.9 Å². The SMILES string of the molecule is O=C1NC(=O)C(Cc2ccc3c(c2)CC(c2ccccc2)O3)S1. The minimum atomic E-state index is -0.326. The number of hydrogen-bond acceptors (Lipinski definition) is 4. The number of hydrogen-bond donors (Lipinski definition) is 1. The van der Waals surface area contributed by atoms with E-state index in [2.05, 4.69) is 23.5 Å². The summed E-state index contributed by atoms with van der Waals surface area (Å²) >= 11 is 1.07. The van der Waals surface area contributed by atoms with Gasteiger partial charge in [-0.25, -0.2) is 0 Å². The van der Waals surface area contributed by atoms with Crippen LogP contribution in [0.25, 0.3) is 0 Å². The van der Waals surface area contributed by atoms with Crippen molar-refractivity contribution in [3.63, 3.8) is 0 Å². The van der Waals surface area contributed by atoms with Gasteiger partial charge in [0.15, 0.2) is 0 Å². The number of benzene rings is 2. The van der Waals surface area contributed by atoms with Gasteiger partial charge in [0.2, 0.25) is 5.91 Å². The fourth-order valence-corrected chi connectivity index (χ4v) is 3.88. The van der Waals surface area contributed by atoms with E-state index in [1.807, 2.05) is 30.3 Å². The molecule has 0 spiro atoms. The maximum atomic E-state index is 11.7. The second-order valence-electron chi connectivity index (χ2n) is 5.75. The van der Waals surface area contributed by atoms with Gasteiger partial charge in [0, 0.05) is 6.42 Å². The Balaban J connectivity index is 1.51. The summed E-state index contributed by atoms with van der Waals surface area (Å²) in [6.07, 6.45) is 1.44. The predicted octanol–water partition coefficient (Wildman–Crippen LogP) is 3.26. The van der Waals surface area contributed by atoms with Crippen LogP contribution in [0.5, 0.6) is 5.75 Å². The summed E-state index contributed by atoms with van der Waals surface area (Å²) in [7, 11) is 0. The quantitative estimate of drug-likeness (QED) is 0.941. The molecule has 23 heavy (non-hydrogen) atoms. The zero-order valence-electron chi connectivity index (χ0n) is 12.3. The molecule has 2 aliphatic rings. The molecule has 2 aliphatic heterocycles. The van der Waals surface area contributed by atoms with Crippen LogP contribution in [-0.4, -0.2) is 16.4 Å². The first kappa shape index (κ1) is 14.3. The lowest BCUT2D eigenvalue weighted by molar-refractivity contribution is -0.118. The molecule has 2 atom stereocenters. The van der Waals surface area contributed by atoms with Gasteiger partial charge in [-0.2, -0.15) is 0 Å². The highest BCUT2D eigenvalue weighted by atomic mass is 32.2. The van der Waals surface area contributed by atoms with Gasteiger partial charge in [-0.05, 0) is 29.2 Å². The van der Waals surface area contributed by atoms with Crippen molar-refractivity contribution in [3.05, 3.63) is 65.2 Å². The molecule has 0 aliphatic carbocycles. The number of carbonyl (C=O) groups excluding carboxylic acids is 2. The molecule has 2 amide bonds. The van der Waals surface area contributed by atoms with E-state index in [9.17, 15) is 9.59 Å². The molecule has 0 saturated carbocycles. The standard InChI is InChI=1S/C18H15NO3S/c20-17-16(23-18(21)19-17)9-11-6-7-14-13(8-11)10-15(22-14)12-4-2-1-3-5-12/h1-8,15-16H,9-10H2,(H,19,20,21).